The van der Waals surface area contributed by atoms with Crippen molar-refractivity contribution in [2.75, 3.05) is 11.5 Å². The average Bonchev–Trinajstić information content (AvgIpc) is 2.87. The van der Waals surface area contributed by atoms with Gasteiger partial charge in [-0.2, -0.15) is 11.8 Å². The molecule has 1 aromatic carbocycles. The van der Waals surface area contributed by atoms with Gasteiger partial charge in [-0.05, 0) is 47.9 Å². The van der Waals surface area contributed by atoms with Gasteiger partial charge in [-0.1, -0.05) is 6.07 Å². The molecule has 0 saturated carbocycles. The normalized spacial score (nSPS) is 16.9. The zero-order chi connectivity index (χ0) is 12.4. The van der Waals surface area contributed by atoms with Gasteiger partial charge < -0.3 is 10.3 Å². The molecular formula is C14H16N2OS. The minimum atomic E-state index is 0.0448. The Morgan fingerprint density at radius 3 is 2.94 bits per heavy atom. The molecule has 2 heterocycles. The number of rotatable bonds is 2. The minimum absolute atomic E-state index is 0.0448. The Kier molecular flexibility index (Phi) is 3.28. The van der Waals surface area contributed by atoms with E-state index in [-0.39, 0.29) is 5.91 Å². The molecule has 3 rings (SSSR count). The summed E-state index contributed by atoms with van der Waals surface area (Å²) >= 11 is 1.97. The average molecular weight is 260 g/mol. The highest BCUT2D eigenvalue weighted by molar-refractivity contribution is 7.99. The van der Waals surface area contributed by atoms with E-state index in [1.807, 2.05) is 42.2 Å². The van der Waals surface area contributed by atoms with E-state index in [9.17, 15) is 4.79 Å². The van der Waals surface area contributed by atoms with E-state index in [2.05, 4.69) is 10.3 Å². The number of thioether (sulfide) groups is 1. The third-order valence-corrected chi connectivity index (χ3v) is 4.42. The van der Waals surface area contributed by atoms with E-state index in [1.165, 1.54) is 0 Å². The number of aromatic nitrogens is 1. The molecule has 2 N–H and O–H groups in total. The van der Waals surface area contributed by atoms with Crippen LogP contribution in [0.4, 0.5) is 0 Å². The molecule has 0 spiro atoms. The Morgan fingerprint density at radius 1 is 1.28 bits per heavy atom. The first-order valence-corrected chi connectivity index (χ1v) is 7.44. The Labute approximate surface area is 110 Å². The van der Waals surface area contributed by atoms with E-state index in [0.717, 1.165) is 40.8 Å². The maximum Gasteiger partial charge on any atom is 0.251 e. The van der Waals surface area contributed by atoms with Crippen molar-refractivity contribution in [3.63, 3.8) is 0 Å². The molecule has 0 aliphatic carbocycles. The van der Waals surface area contributed by atoms with Gasteiger partial charge in [0.25, 0.3) is 5.91 Å². The Bertz CT molecular complexity index is 558. The van der Waals surface area contributed by atoms with Crippen LogP contribution in [0.3, 0.4) is 0 Å². The number of carbonyl (C=O) groups excluding carboxylic acids is 1. The Balaban J connectivity index is 1.74. The SMILES string of the molecule is O=C(NC1CCSCC1)c1ccc2cc[nH]c2c1. The molecule has 4 heteroatoms. The van der Waals surface area contributed by atoms with E-state index in [4.69, 9.17) is 0 Å². The molecule has 94 valence electrons. The lowest BCUT2D eigenvalue weighted by Crippen LogP contribution is -2.37. The smallest absolute Gasteiger partial charge is 0.251 e. The number of fused-ring (bicyclic) bond motifs is 1. The quantitative estimate of drug-likeness (QED) is 0.872. The van der Waals surface area contributed by atoms with Gasteiger partial charge in [0, 0.05) is 23.3 Å². The predicted molar refractivity (Wildman–Crippen MR) is 76.1 cm³/mol. The summed E-state index contributed by atoms with van der Waals surface area (Å²) in [6.45, 7) is 0. The molecule has 0 unspecified atom stereocenters. The van der Waals surface area contributed by atoms with Crippen LogP contribution in [0.2, 0.25) is 0 Å². The van der Waals surface area contributed by atoms with Crippen LogP contribution in [-0.2, 0) is 0 Å². The summed E-state index contributed by atoms with van der Waals surface area (Å²) in [6.07, 6.45) is 4.06. The van der Waals surface area contributed by atoms with Crippen molar-refractivity contribution in [2.45, 2.75) is 18.9 Å². The minimum Gasteiger partial charge on any atom is -0.361 e. The molecule has 1 fully saturated rings. The van der Waals surface area contributed by atoms with Crippen LogP contribution in [0.1, 0.15) is 23.2 Å². The van der Waals surface area contributed by atoms with Gasteiger partial charge >= 0.3 is 0 Å². The van der Waals surface area contributed by atoms with Gasteiger partial charge in [-0.25, -0.2) is 0 Å². The van der Waals surface area contributed by atoms with E-state index < -0.39 is 0 Å². The first-order chi connectivity index (χ1) is 8.83. The topological polar surface area (TPSA) is 44.9 Å². The molecule has 1 saturated heterocycles. The molecule has 0 radical (unpaired) electrons. The monoisotopic (exact) mass is 260 g/mol. The van der Waals surface area contributed by atoms with E-state index in [1.54, 1.807) is 0 Å². The van der Waals surface area contributed by atoms with Crippen molar-refractivity contribution in [1.29, 1.82) is 0 Å². The van der Waals surface area contributed by atoms with Crippen molar-refractivity contribution in [1.82, 2.24) is 10.3 Å². The molecule has 0 bridgehead atoms. The highest BCUT2D eigenvalue weighted by Crippen LogP contribution is 2.18. The fourth-order valence-corrected chi connectivity index (χ4v) is 3.41. The maximum atomic E-state index is 12.1. The van der Waals surface area contributed by atoms with Crippen LogP contribution in [0, 0.1) is 0 Å². The molecule has 1 aromatic heterocycles. The van der Waals surface area contributed by atoms with Gasteiger partial charge in [-0.15, -0.1) is 0 Å². The van der Waals surface area contributed by atoms with Crippen LogP contribution in [-0.4, -0.2) is 28.4 Å². The summed E-state index contributed by atoms with van der Waals surface area (Å²) in [6, 6.07) is 8.15. The second-order valence-electron chi connectivity index (χ2n) is 4.64. The number of benzene rings is 1. The lowest BCUT2D eigenvalue weighted by molar-refractivity contribution is 0.0935. The third-order valence-electron chi connectivity index (χ3n) is 3.37. The number of carbonyl (C=O) groups is 1. The van der Waals surface area contributed by atoms with E-state index >= 15 is 0 Å². The number of aromatic amines is 1. The van der Waals surface area contributed by atoms with Crippen molar-refractivity contribution < 1.29 is 4.79 Å². The molecule has 1 aliphatic heterocycles. The Morgan fingerprint density at radius 2 is 2.11 bits per heavy atom. The molecule has 1 aliphatic rings. The fraction of sp³-hybridized carbons (Fsp3) is 0.357. The number of hydrogen-bond acceptors (Lipinski definition) is 2. The largest absolute Gasteiger partial charge is 0.361 e. The van der Waals surface area contributed by atoms with Crippen molar-refractivity contribution in [3.8, 4) is 0 Å². The Hall–Kier alpha value is -1.42. The maximum absolute atomic E-state index is 12.1. The summed E-state index contributed by atoms with van der Waals surface area (Å²) in [5.74, 6) is 2.35. The summed E-state index contributed by atoms with van der Waals surface area (Å²) in [4.78, 5) is 15.3. The summed E-state index contributed by atoms with van der Waals surface area (Å²) in [5, 5.41) is 4.27. The number of amides is 1. The second kappa shape index (κ2) is 5.06. The molecule has 1 amide bonds. The van der Waals surface area contributed by atoms with Crippen LogP contribution < -0.4 is 5.32 Å². The molecular weight excluding hydrogens is 244 g/mol. The highest BCUT2D eigenvalue weighted by Gasteiger charge is 2.16. The van der Waals surface area contributed by atoms with Crippen LogP contribution in [0.15, 0.2) is 30.5 Å². The van der Waals surface area contributed by atoms with Crippen LogP contribution >= 0.6 is 11.8 Å². The van der Waals surface area contributed by atoms with Gasteiger partial charge in [0.05, 0.1) is 0 Å². The summed E-state index contributed by atoms with van der Waals surface area (Å²) in [5.41, 5.74) is 1.75. The molecule has 18 heavy (non-hydrogen) atoms. The van der Waals surface area contributed by atoms with Gasteiger partial charge in [-0.3, -0.25) is 4.79 Å². The zero-order valence-electron chi connectivity index (χ0n) is 10.1. The standard InChI is InChI=1S/C14H16N2OS/c17-14(16-12-4-7-18-8-5-12)11-2-1-10-3-6-15-13(10)9-11/h1-3,6,9,12,15H,4-5,7-8H2,(H,16,17). The van der Waals surface area contributed by atoms with Gasteiger partial charge in [0.1, 0.15) is 0 Å². The van der Waals surface area contributed by atoms with E-state index in [0.29, 0.717) is 6.04 Å². The predicted octanol–water partition coefficient (Wildman–Crippen LogP) is 2.79. The number of hydrogen-bond donors (Lipinski definition) is 2. The lowest BCUT2D eigenvalue weighted by atomic mass is 10.1. The fourth-order valence-electron chi connectivity index (χ4n) is 2.30. The van der Waals surface area contributed by atoms with Crippen LogP contribution in [0.25, 0.3) is 10.9 Å². The summed E-state index contributed by atoms with van der Waals surface area (Å²) in [7, 11) is 0. The molecule has 0 atom stereocenters. The second-order valence-corrected chi connectivity index (χ2v) is 5.86. The first kappa shape index (κ1) is 11.7. The number of nitrogens with one attached hydrogen (secondary N) is 2. The highest BCUT2D eigenvalue weighted by atomic mass is 32.2. The van der Waals surface area contributed by atoms with Crippen molar-refractivity contribution in [2.24, 2.45) is 0 Å². The first-order valence-electron chi connectivity index (χ1n) is 6.29. The number of H-pyrrole nitrogens is 1. The lowest BCUT2D eigenvalue weighted by Gasteiger charge is -2.22. The van der Waals surface area contributed by atoms with Gasteiger partial charge in [0.2, 0.25) is 0 Å². The van der Waals surface area contributed by atoms with Crippen LogP contribution in [0.5, 0.6) is 0 Å². The van der Waals surface area contributed by atoms with Crippen molar-refractivity contribution >= 4 is 28.6 Å². The zero-order valence-corrected chi connectivity index (χ0v) is 10.9. The van der Waals surface area contributed by atoms with Gasteiger partial charge in [0.15, 0.2) is 0 Å². The molecule has 2 aromatic rings. The molecule has 3 nitrogen and oxygen atoms in total. The summed E-state index contributed by atoms with van der Waals surface area (Å²) < 4.78 is 0. The third kappa shape index (κ3) is 2.38. The van der Waals surface area contributed by atoms with Crippen molar-refractivity contribution in [3.05, 3.63) is 36.0 Å².